The Labute approximate surface area is 241 Å². The van der Waals surface area contributed by atoms with E-state index in [-0.39, 0.29) is 21.2 Å². The molecule has 1 aliphatic carbocycles. The highest BCUT2D eigenvalue weighted by atomic mass is 35.5. The third-order valence-electron chi connectivity index (χ3n) is 6.63. The molecule has 4 N–H and O–H groups in total. The van der Waals surface area contributed by atoms with Crippen molar-refractivity contribution in [3.63, 3.8) is 0 Å². The van der Waals surface area contributed by atoms with Crippen LogP contribution in [0, 0.1) is 28.5 Å². The van der Waals surface area contributed by atoms with Crippen LogP contribution in [-0.4, -0.2) is 16.0 Å². The van der Waals surface area contributed by atoms with Gasteiger partial charge in [0.2, 0.25) is 0 Å². The summed E-state index contributed by atoms with van der Waals surface area (Å²) in [7, 11) is 0. The number of hydrogen-bond acceptors (Lipinski definition) is 8. The van der Waals surface area contributed by atoms with Crippen molar-refractivity contribution in [1.29, 1.82) is 10.5 Å². The highest BCUT2D eigenvalue weighted by Crippen LogP contribution is 2.38. The number of anilines is 3. The molecule has 198 valence electrons. The largest absolute Gasteiger partial charge is 0.373 e. The molecule has 3 aromatic carbocycles. The zero-order chi connectivity index (χ0) is 28.7. The Morgan fingerprint density at radius 3 is 2.62 bits per heavy atom. The summed E-state index contributed by atoms with van der Waals surface area (Å²) in [5, 5.41) is 28.9. The fraction of sp³-hybridized carbons (Fsp3) is 0.138. The highest BCUT2D eigenvalue weighted by molar-refractivity contribution is 6.36. The van der Waals surface area contributed by atoms with Crippen molar-refractivity contribution < 1.29 is 5.76 Å². The highest BCUT2D eigenvalue weighted by Gasteiger charge is 2.32. The number of nitrogens with zero attached hydrogens (tertiary/aromatic N) is 4. The lowest BCUT2D eigenvalue weighted by Crippen LogP contribution is -2.38. The number of pyridine rings is 1. The molecule has 0 radical (unpaired) electrons. The predicted molar refractivity (Wildman–Crippen MR) is 153 cm³/mol. The number of hydrazine groups is 2. The molecular weight excluding hydrogens is 550 g/mol. The third-order valence-corrected chi connectivity index (χ3v) is 7.23. The van der Waals surface area contributed by atoms with Gasteiger partial charge in [-0.15, -0.1) is 5.53 Å². The van der Waals surface area contributed by atoms with Gasteiger partial charge in [0, 0.05) is 29.5 Å². The number of nitriles is 2. The standard InChI is InChI=1S/C29H21Cl2FN8/c30-23-2-1-3-25(22(23)13-34)37-27-17(12-33)14-35-29-21(27)10-19(11-24(29)31)36-28(16-4-6-18(32)7-5-16)26-15-40(39-38-26)20-8-9-20/h1-7,10-11,14-15,20,28,36,38-39H,8-9H2,(H,35,37)/t28-/m1/s1/i28D. The molecule has 1 saturated carbocycles. The number of hydrogen-bond donors (Lipinski definition) is 4. The van der Waals surface area contributed by atoms with Crippen molar-refractivity contribution in [2.24, 2.45) is 0 Å². The second kappa shape index (κ2) is 10.6. The lowest BCUT2D eigenvalue weighted by atomic mass is 10.0. The zero-order valence-corrected chi connectivity index (χ0v) is 22.3. The minimum atomic E-state index is -1.59. The summed E-state index contributed by atoms with van der Waals surface area (Å²) in [6, 6.07) is 17.0. The molecular formula is C29H21Cl2FN8. The van der Waals surface area contributed by atoms with Crippen LogP contribution in [-0.2, 0) is 0 Å². The predicted octanol–water partition coefficient (Wildman–Crippen LogP) is 6.65. The van der Waals surface area contributed by atoms with E-state index < -0.39 is 11.8 Å². The van der Waals surface area contributed by atoms with Crippen molar-refractivity contribution in [3.05, 3.63) is 105 Å². The first-order valence-electron chi connectivity index (χ1n) is 12.8. The Balaban J connectivity index is 1.47. The van der Waals surface area contributed by atoms with Gasteiger partial charge >= 0.3 is 0 Å². The van der Waals surface area contributed by atoms with Crippen molar-refractivity contribution in [2.45, 2.75) is 24.9 Å². The molecule has 11 heteroatoms. The average molecular weight is 572 g/mol. The summed E-state index contributed by atoms with van der Waals surface area (Å²) in [5.41, 5.74) is 9.22. The first kappa shape index (κ1) is 24.5. The van der Waals surface area contributed by atoms with Gasteiger partial charge in [0.15, 0.2) is 0 Å². The van der Waals surface area contributed by atoms with E-state index in [0.29, 0.717) is 45.3 Å². The minimum absolute atomic E-state index is 0.217. The molecule has 1 aromatic heterocycles. The monoisotopic (exact) mass is 571 g/mol. The number of aromatic nitrogens is 1. The summed E-state index contributed by atoms with van der Waals surface area (Å²) in [6.45, 7) is 0. The smallest absolute Gasteiger partial charge is 0.123 e. The molecule has 2 aliphatic rings. The van der Waals surface area contributed by atoms with Crippen molar-refractivity contribution in [3.8, 4) is 12.1 Å². The van der Waals surface area contributed by atoms with Crippen molar-refractivity contribution in [2.75, 3.05) is 10.6 Å². The molecule has 0 saturated heterocycles. The summed E-state index contributed by atoms with van der Waals surface area (Å²) < 4.78 is 23.4. The molecule has 2 heterocycles. The maximum atomic E-state index is 13.8. The number of rotatable bonds is 7. The molecule has 8 nitrogen and oxygen atoms in total. The molecule has 0 unspecified atom stereocenters. The number of benzene rings is 3. The molecule has 4 aromatic rings. The van der Waals surface area contributed by atoms with Crippen LogP contribution in [0.25, 0.3) is 10.9 Å². The number of nitrogens with one attached hydrogen (secondary N) is 4. The first-order chi connectivity index (χ1) is 19.8. The molecule has 0 spiro atoms. The Morgan fingerprint density at radius 2 is 1.90 bits per heavy atom. The fourth-order valence-corrected chi connectivity index (χ4v) is 4.97. The van der Waals surface area contributed by atoms with E-state index in [0.717, 1.165) is 12.8 Å². The molecule has 0 bridgehead atoms. The van der Waals surface area contributed by atoms with Crippen LogP contribution in [0.4, 0.5) is 21.5 Å². The van der Waals surface area contributed by atoms with Crippen LogP contribution in [0.1, 0.15) is 36.9 Å². The maximum absolute atomic E-state index is 13.8. The summed E-state index contributed by atoms with van der Waals surface area (Å²) in [4.78, 5) is 4.39. The van der Waals surface area contributed by atoms with Gasteiger partial charge in [-0.3, -0.25) is 9.99 Å². The Hall–Kier alpha value is -4.54. The first-order valence-corrected chi connectivity index (χ1v) is 13.1. The summed E-state index contributed by atoms with van der Waals surface area (Å²) in [6.07, 6.45) is 5.31. The van der Waals surface area contributed by atoms with Gasteiger partial charge in [0.1, 0.15) is 18.0 Å². The van der Waals surface area contributed by atoms with Gasteiger partial charge < -0.3 is 16.1 Å². The van der Waals surface area contributed by atoms with Crippen molar-refractivity contribution >= 4 is 51.2 Å². The second-order valence-electron chi connectivity index (χ2n) is 9.34. The van der Waals surface area contributed by atoms with Crippen LogP contribution in [0.3, 0.4) is 0 Å². The molecule has 1 aliphatic heterocycles. The van der Waals surface area contributed by atoms with Gasteiger partial charge in [-0.2, -0.15) is 10.5 Å². The van der Waals surface area contributed by atoms with Crippen LogP contribution < -0.4 is 21.6 Å². The minimum Gasteiger partial charge on any atom is -0.373 e. The number of fused-ring (bicyclic) bond motifs is 1. The van der Waals surface area contributed by atoms with E-state index in [1.54, 1.807) is 42.5 Å². The van der Waals surface area contributed by atoms with Gasteiger partial charge in [0.05, 0.1) is 51.1 Å². The van der Waals surface area contributed by atoms with Crippen LogP contribution in [0.5, 0.6) is 0 Å². The molecule has 6 rings (SSSR count). The normalized spacial score (nSPS) is 16.3. The maximum Gasteiger partial charge on any atom is 0.123 e. The van der Waals surface area contributed by atoms with Crippen LogP contribution in [0.15, 0.2) is 72.7 Å². The average Bonchev–Trinajstić information content (AvgIpc) is 3.69. The molecule has 40 heavy (non-hydrogen) atoms. The Bertz CT molecular complexity index is 1800. The second-order valence-corrected chi connectivity index (χ2v) is 10.2. The van der Waals surface area contributed by atoms with E-state index in [2.05, 4.69) is 38.7 Å². The van der Waals surface area contributed by atoms with Crippen molar-refractivity contribution in [1.82, 2.24) is 21.0 Å². The van der Waals surface area contributed by atoms with Gasteiger partial charge in [-0.05, 0) is 54.8 Å². The Morgan fingerprint density at radius 1 is 1.10 bits per heavy atom. The van der Waals surface area contributed by atoms with E-state index in [9.17, 15) is 16.3 Å². The fourth-order valence-electron chi connectivity index (χ4n) is 4.49. The van der Waals surface area contributed by atoms with Gasteiger partial charge in [0.25, 0.3) is 0 Å². The molecule has 1 fully saturated rings. The van der Waals surface area contributed by atoms with Crippen LogP contribution >= 0.6 is 23.2 Å². The Kier molecular flexibility index (Phi) is 6.46. The quantitative estimate of drug-likeness (QED) is 0.195. The van der Waals surface area contributed by atoms with Gasteiger partial charge in [-0.25, -0.2) is 4.39 Å². The van der Waals surface area contributed by atoms with E-state index in [1.165, 1.54) is 18.3 Å². The van der Waals surface area contributed by atoms with E-state index in [1.807, 2.05) is 11.2 Å². The molecule has 0 amide bonds. The molecule has 1 atom stereocenters. The third kappa shape index (κ3) is 4.94. The number of halogens is 3. The summed E-state index contributed by atoms with van der Waals surface area (Å²) >= 11 is 12.9. The SMILES string of the molecule is [2H][C@](Nc1cc(Cl)c2ncc(C#N)c(Nc3cccc(Cl)c3C#N)c2c1)(C1=CN(C2CC2)NN1)c1ccc(F)cc1. The van der Waals surface area contributed by atoms with Crippen LogP contribution in [0.2, 0.25) is 10.0 Å². The van der Waals surface area contributed by atoms with E-state index in [4.69, 9.17) is 23.2 Å². The van der Waals surface area contributed by atoms with E-state index >= 15 is 0 Å². The summed E-state index contributed by atoms with van der Waals surface area (Å²) in [5.74, 6) is -0.417. The van der Waals surface area contributed by atoms with Gasteiger partial charge in [-0.1, -0.05) is 41.4 Å². The topological polar surface area (TPSA) is 112 Å². The lowest BCUT2D eigenvalue weighted by molar-refractivity contribution is 0.260. The zero-order valence-electron chi connectivity index (χ0n) is 21.8. The lowest BCUT2D eigenvalue weighted by Gasteiger charge is -2.22.